The van der Waals surface area contributed by atoms with E-state index in [1.54, 1.807) is 0 Å². The van der Waals surface area contributed by atoms with Gasteiger partial charge in [0.05, 0.1) is 23.8 Å². The maximum Gasteiger partial charge on any atom is 0.320 e. The molecular weight excluding hydrogens is 390 g/mol. The lowest BCUT2D eigenvalue weighted by Crippen LogP contribution is -2.39. The Balaban J connectivity index is 1.50. The number of benzene rings is 2. The molecule has 0 unspecified atom stereocenters. The fourth-order valence-corrected chi connectivity index (χ4v) is 3.89. The number of aliphatic hydroxyl groups excluding tert-OH is 1. The van der Waals surface area contributed by atoms with Gasteiger partial charge in [-0.15, -0.1) is 0 Å². The monoisotopic (exact) mass is 411 g/mol. The molecule has 0 bridgehead atoms. The second-order valence-electron chi connectivity index (χ2n) is 7.56. The predicted molar refractivity (Wildman–Crippen MR) is 105 cm³/mol. The molecule has 1 aliphatic carbocycles. The number of aromatic hydroxyl groups is 2. The van der Waals surface area contributed by atoms with Gasteiger partial charge in [-0.05, 0) is 36.6 Å². The number of carbonyl (C=O) groups is 3. The van der Waals surface area contributed by atoms with E-state index in [2.05, 4.69) is 0 Å². The summed E-state index contributed by atoms with van der Waals surface area (Å²) >= 11 is 0. The summed E-state index contributed by atoms with van der Waals surface area (Å²) in [5.74, 6) is -2.31. The number of nitrogens with zero attached hydrogens (tertiary/aromatic N) is 1. The van der Waals surface area contributed by atoms with Crippen molar-refractivity contribution in [2.75, 3.05) is 19.6 Å². The average Bonchev–Trinajstić information content (AvgIpc) is 2.71. The minimum absolute atomic E-state index is 0.00849. The lowest BCUT2D eigenvalue weighted by Gasteiger charge is -2.28. The molecule has 0 saturated carbocycles. The molecule has 156 valence electrons. The molecule has 1 aliphatic heterocycles. The van der Waals surface area contributed by atoms with E-state index in [4.69, 9.17) is 4.74 Å². The standard InChI is InChI=1S/C22H21NO7/c24-13-4-6-23(7-5-13)10-18(27)30-11-12-8-15-20(17(26)9-12)22(29)19-14(21(15)28)2-1-3-16(19)25/h1-3,8-9,13,24-26H,4-7,10-11H2. The number of ketones is 2. The first-order valence-corrected chi connectivity index (χ1v) is 9.68. The summed E-state index contributed by atoms with van der Waals surface area (Å²) in [6.07, 6.45) is 0.890. The summed E-state index contributed by atoms with van der Waals surface area (Å²) in [5.41, 5.74) is 0.146. The maximum atomic E-state index is 12.8. The van der Waals surface area contributed by atoms with E-state index in [1.165, 1.54) is 30.3 Å². The highest BCUT2D eigenvalue weighted by molar-refractivity contribution is 6.30. The maximum absolute atomic E-state index is 12.8. The van der Waals surface area contributed by atoms with Crippen molar-refractivity contribution in [3.8, 4) is 11.5 Å². The summed E-state index contributed by atoms with van der Waals surface area (Å²) in [6.45, 7) is 1.15. The Bertz CT molecular complexity index is 1040. The zero-order valence-corrected chi connectivity index (χ0v) is 16.1. The smallest absolute Gasteiger partial charge is 0.320 e. The lowest BCUT2D eigenvalue weighted by molar-refractivity contribution is -0.146. The second-order valence-corrected chi connectivity index (χ2v) is 7.56. The minimum atomic E-state index is -0.633. The van der Waals surface area contributed by atoms with Gasteiger partial charge in [-0.3, -0.25) is 19.3 Å². The highest BCUT2D eigenvalue weighted by Crippen LogP contribution is 2.37. The Hall–Kier alpha value is -3.23. The summed E-state index contributed by atoms with van der Waals surface area (Å²) in [4.78, 5) is 39.6. The summed E-state index contributed by atoms with van der Waals surface area (Å²) in [7, 11) is 0. The molecule has 0 aromatic heterocycles. The number of phenolic OH excluding ortho intramolecular Hbond substituents is 2. The van der Waals surface area contributed by atoms with Crippen molar-refractivity contribution >= 4 is 17.5 Å². The Morgan fingerprint density at radius 2 is 1.70 bits per heavy atom. The third-order valence-corrected chi connectivity index (χ3v) is 5.47. The van der Waals surface area contributed by atoms with Crippen molar-refractivity contribution in [3.63, 3.8) is 0 Å². The van der Waals surface area contributed by atoms with Crippen molar-refractivity contribution in [3.05, 3.63) is 58.1 Å². The number of hydrogen-bond acceptors (Lipinski definition) is 8. The number of piperidine rings is 1. The minimum Gasteiger partial charge on any atom is -0.507 e. The van der Waals surface area contributed by atoms with Gasteiger partial charge in [0.2, 0.25) is 5.78 Å². The normalized spacial score (nSPS) is 16.8. The number of carbonyl (C=O) groups excluding carboxylic acids is 3. The number of fused-ring (bicyclic) bond motifs is 2. The molecule has 1 heterocycles. The highest BCUT2D eigenvalue weighted by atomic mass is 16.5. The largest absolute Gasteiger partial charge is 0.507 e. The second kappa shape index (κ2) is 7.89. The SMILES string of the molecule is O=C(CN1CCC(O)CC1)OCc1cc(O)c2c(c1)C(=O)c1cccc(O)c1C2=O. The van der Waals surface area contributed by atoms with Crippen LogP contribution in [0.1, 0.15) is 50.2 Å². The van der Waals surface area contributed by atoms with Crippen molar-refractivity contribution < 1.29 is 34.4 Å². The van der Waals surface area contributed by atoms with Crippen molar-refractivity contribution in [1.82, 2.24) is 4.90 Å². The summed E-state index contributed by atoms with van der Waals surface area (Å²) in [5, 5.41) is 29.9. The molecule has 2 aromatic carbocycles. The molecule has 30 heavy (non-hydrogen) atoms. The van der Waals surface area contributed by atoms with Crippen LogP contribution in [0.15, 0.2) is 30.3 Å². The number of likely N-dealkylation sites (tertiary alicyclic amines) is 1. The van der Waals surface area contributed by atoms with Crippen LogP contribution in [0.4, 0.5) is 0 Å². The molecule has 0 atom stereocenters. The van der Waals surface area contributed by atoms with E-state index in [0.717, 1.165) is 0 Å². The van der Waals surface area contributed by atoms with Crippen LogP contribution in [0.2, 0.25) is 0 Å². The van der Waals surface area contributed by atoms with E-state index < -0.39 is 23.3 Å². The lowest BCUT2D eigenvalue weighted by atomic mass is 9.82. The van der Waals surface area contributed by atoms with Crippen LogP contribution in [-0.2, 0) is 16.1 Å². The number of aliphatic hydroxyl groups is 1. The van der Waals surface area contributed by atoms with Gasteiger partial charge < -0.3 is 20.1 Å². The van der Waals surface area contributed by atoms with Gasteiger partial charge in [0, 0.05) is 24.2 Å². The van der Waals surface area contributed by atoms with Gasteiger partial charge in [0.25, 0.3) is 0 Å². The first kappa shape index (κ1) is 20.1. The third kappa shape index (κ3) is 3.67. The molecule has 8 nitrogen and oxygen atoms in total. The van der Waals surface area contributed by atoms with Gasteiger partial charge in [-0.25, -0.2) is 0 Å². The van der Waals surface area contributed by atoms with Crippen LogP contribution in [-0.4, -0.2) is 63.5 Å². The number of hydrogen-bond donors (Lipinski definition) is 3. The number of ether oxygens (including phenoxy) is 1. The van der Waals surface area contributed by atoms with E-state index in [9.17, 15) is 29.7 Å². The Kier molecular flexibility index (Phi) is 5.27. The molecule has 2 aromatic rings. The third-order valence-electron chi connectivity index (χ3n) is 5.47. The Morgan fingerprint density at radius 3 is 2.43 bits per heavy atom. The van der Waals surface area contributed by atoms with E-state index in [-0.39, 0.29) is 47.3 Å². The molecule has 2 aliphatic rings. The number of esters is 1. The molecule has 4 rings (SSSR count). The molecular formula is C22H21NO7. The molecule has 1 fully saturated rings. The van der Waals surface area contributed by atoms with Crippen molar-refractivity contribution in [1.29, 1.82) is 0 Å². The molecule has 1 saturated heterocycles. The molecule has 0 radical (unpaired) electrons. The molecule has 0 amide bonds. The summed E-state index contributed by atoms with van der Waals surface area (Å²) < 4.78 is 5.26. The van der Waals surface area contributed by atoms with E-state index in [0.29, 0.717) is 31.5 Å². The quantitative estimate of drug-likeness (QED) is 0.550. The zero-order chi connectivity index (χ0) is 21.4. The topological polar surface area (TPSA) is 124 Å². The van der Waals surface area contributed by atoms with Crippen LogP contribution in [0.3, 0.4) is 0 Å². The van der Waals surface area contributed by atoms with Crippen LogP contribution >= 0.6 is 0 Å². The Labute approximate surface area is 172 Å². The van der Waals surface area contributed by atoms with Crippen molar-refractivity contribution in [2.24, 2.45) is 0 Å². The van der Waals surface area contributed by atoms with Crippen LogP contribution in [0.25, 0.3) is 0 Å². The summed E-state index contributed by atoms with van der Waals surface area (Å²) in [6, 6.07) is 6.92. The van der Waals surface area contributed by atoms with Crippen LogP contribution in [0.5, 0.6) is 11.5 Å². The van der Waals surface area contributed by atoms with Gasteiger partial charge in [-0.2, -0.15) is 0 Å². The fraction of sp³-hybridized carbons (Fsp3) is 0.318. The zero-order valence-electron chi connectivity index (χ0n) is 16.1. The average molecular weight is 411 g/mol. The van der Waals surface area contributed by atoms with Crippen LogP contribution in [0, 0.1) is 0 Å². The van der Waals surface area contributed by atoms with Gasteiger partial charge in [0.1, 0.15) is 18.1 Å². The van der Waals surface area contributed by atoms with Gasteiger partial charge in [-0.1, -0.05) is 12.1 Å². The molecule has 0 spiro atoms. The Morgan fingerprint density at radius 1 is 1.00 bits per heavy atom. The predicted octanol–water partition coefficient (Wildman–Crippen LogP) is 1.37. The highest BCUT2D eigenvalue weighted by Gasteiger charge is 2.34. The van der Waals surface area contributed by atoms with E-state index >= 15 is 0 Å². The molecule has 8 heteroatoms. The van der Waals surface area contributed by atoms with Crippen LogP contribution < -0.4 is 0 Å². The first-order chi connectivity index (χ1) is 14.3. The fourth-order valence-electron chi connectivity index (χ4n) is 3.89. The molecule has 3 N–H and O–H groups in total. The van der Waals surface area contributed by atoms with Crippen molar-refractivity contribution in [2.45, 2.75) is 25.6 Å². The van der Waals surface area contributed by atoms with Gasteiger partial charge in [0.15, 0.2) is 5.78 Å². The number of rotatable bonds is 4. The number of phenols is 2. The first-order valence-electron chi connectivity index (χ1n) is 9.68. The van der Waals surface area contributed by atoms with E-state index in [1.807, 2.05) is 4.90 Å². The van der Waals surface area contributed by atoms with Gasteiger partial charge >= 0.3 is 5.97 Å².